The van der Waals surface area contributed by atoms with Crippen molar-refractivity contribution in [1.29, 1.82) is 0 Å². The predicted octanol–water partition coefficient (Wildman–Crippen LogP) is 22.5. The molecule has 3 nitrogen and oxygen atoms in total. The van der Waals surface area contributed by atoms with E-state index in [1.165, 1.54) is 98.5 Å². The minimum Gasteiger partial charge on any atom is -0.310 e. The molecule has 94 heavy (non-hydrogen) atoms. The predicted molar refractivity (Wildman–Crippen MR) is 401 cm³/mol. The Kier molecular flexibility index (Phi) is 12.0. The van der Waals surface area contributed by atoms with E-state index in [1.54, 1.807) is 0 Å². The van der Waals surface area contributed by atoms with E-state index in [9.17, 15) is 0 Å². The summed E-state index contributed by atoms with van der Waals surface area (Å²) in [6, 6.07) is 121. The van der Waals surface area contributed by atoms with Crippen LogP contribution in [0.3, 0.4) is 0 Å². The molecule has 0 N–H and O–H groups in total. The third-order valence-electron chi connectivity index (χ3n) is 20.4. The highest BCUT2D eigenvalue weighted by molar-refractivity contribution is 7.00. The van der Waals surface area contributed by atoms with Gasteiger partial charge in [0, 0.05) is 61.5 Å². The van der Waals surface area contributed by atoms with Gasteiger partial charge in [0.15, 0.2) is 0 Å². The molecule has 1 aromatic heterocycles. The molecule has 0 saturated heterocycles. The highest BCUT2D eigenvalue weighted by atomic mass is 15.2. The van der Waals surface area contributed by atoms with Crippen LogP contribution in [0.5, 0.6) is 0 Å². The first-order chi connectivity index (χ1) is 46.3. The van der Waals surface area contributed by atoms with Crippen molar-refractivity contribution in [3.63, 3.8) is 0 Å². The maximum absolute atomic E-state index is 2.70. The van der Waals surface area contributed by atoms with Crippen LogP contribution in [0.1, 0.15) is 26.3 Å². The van der Waals surface area contributed by atoms with Crippen molar-refractivity contribution in [3.05, 3.63) is 327 Å². The van der Waals surface area contributed by atoms with Crippen LogP contribution in [0.4, 0.5) is 34.1 Å². The van der Waals surface area contributed by atoms with Crippen LogP contribution in [0.25, 0.3) is 127 Å². The molecule has 0 unspecified atom stereocenters. The fourth-order valence-corrected chi connectivity index (χ4v) is 16.2. The van der Waals surface area contributed by atoms with Crippen molar-refractivity contribution in [2.45, 2.75) is 26.2 Å². The van der Waals surface area contributed by atoms with Gasteiger partial charge in [0.2, 0.25) is 0 Å². The van der Waals surface area contributed by atoms with Gasteiger partial charge in [-0.25, -0.2) is 0 Å². The van der Waals surface area contributed by atoms with Crippen molar-refractivity contribution < 1.29 is 0 Å². The Morgan fingerprint density at radius 3 is 1.15 bits per heavy atom. The number of benzene rings is 16. The molecule has 0 atom stereocenters. The van der Waals surface area contributed by atoms with Crippen LogP contribution >= 0.6 is 0 Å². The lowest BCUT2D eigenvalue weighted by molar-refractivity contribution is 0.590. The molecule has 0 bridgehead atoms. The lowest BCUT2D eigenvalue weighted by atomic mass is 9.33. The quantitative estimate of drug-likeness (QED) is 0.0811. The third-order valence-corrected chi connectivity index (χ3v) is 20.4. The highest BCUT2D eigenvalue weighted by Crippen LogP contribution is 2.55. The van der Waals surface area contributed by atoms with Crippen molar-refractivity contribution >= 4 is 111 Å². The summed E-state index contributed by atoms with van der Waals surface area (Å²) in [5, 5.41) is 10.4. The van der Waals surface area contributed by atoms with Gasteiger partial charge in [0.25, 0.3) is 6.71 Å². The van der Waals surface area contributed by atoms with Crippen LogP contribution in [-0.4, -0.2) is 11.3 Å². The third kappa shape index (κ3) is 8.19. The minimum atomic E-state index is -0.293. The monoisotopic (exact) mass is 1200 g/mol. The lowest BCUT2D eigenvalue weighted by Gasteiger charge is -2.46. The number of aromatic nitrogens is 1. The molecular weight excluding hydrogens is 1130 g/mol. The Hall–Kier alpha value is -11.7. The second-order valence-corrected chi connectivity index (χ2v) is 26.7. The van der Waals surface area contributed by atoms with Crippen LogP contribution < -0.4 is 26.2 Å². The van der Waals surface area contributed by atoms with Crippen LogP contribution in [0.15, 0.2) is 322 Å². The van der Waals surface area contributed by atoms with Crippen LogP contribution in [-0.2, 0) is 5.41 Å². The first kappa shape index (κ1) is 54.1. The molecule has 0 aliphatic carbocycles. The first-order valence-electron chi connectivity index (χ1n) is 32.9. The molecule has 0 spiro atoms. The fraction of sp³-hybridized carbons (Fsp3) is 0.0444. The van der Waals surface area contributed by atoms with Crippen molar-refractivity contribution in [2.75, 3.05) is 9.80 Å². The molecule has 4 heteroatoms. The Labute approximate surface area is 548 Å². The summed E-state index contributed by atoms with van der Waals surface area (Å²) in [5.41, 5.74) is 29.1. The zero-order valence-corrected chi connectivity index (χ0v) is 52.5. The van der Waals surface area contributed by atoms with Crippen molar-refractivity contribution in [3.8, 4) is 72.4 Å². The summed E-state index contributed by atoms with van der Waals surface area (Å²) in [6.07, 6.45) is 0. The van der Waals surface area contributed by atoms with E-state index in [0.717, 1.165) is 84.2 Å². The molecule has 0 amide bonds. The summed E-state index contributed by atoms with van der Waals surface area (Å²) in [6.45, 7) is 6.97. The number of rotatable bonds is 9. The summed E-state index contributed by atoms with van der Waals surface area (Å²) in [7, 11) is 0. The van der Waals surface area contributed by atoms with E-state index in [2.05, 4.69) is 357 Å². The van der Waals surface area contributed by atoms with Gasteiger partial charge in [-0.15, -0.1) is 0 Å². The number of para-hydroxylation sites is 2. The van der Waals surface area contributed by atoms with E-state index in [-0.39, 0.29) is 12.1 Å². The Bertz CT molecular complexity index is 5670. The molecule has 0 fully saturated rings. The first-order valence-corrected chi connectivity index (χ1v) is 32.9. The van der Waals surface area contributed by atoms with E-state index >= 15 is 0 Å². The van der Waals surface area contributed by atoms with Gasteiger partial charge in [0.1, 0.15) is 0 Å². The summed E-state index contributed by atoms with van der Waals surface area (Å²) in [4.78, 5) is 5.39. The van der Waals surface area contributed by atoms with Crippen LogP contribution in [0, 0.1) is 0 Å². The van der Waals surface area contributed by atoms with Crippen molar-refractivity contribution in [2.24, 2.45) is 0 Å². The van der Waals surface area contributed by atoms with E-state index in [4.69, 9.17) is 0 Å². The molecule has 19 rings (SSSR count). The molecule has 17 aromatic rings. The SMILES string of the molecule is CC(C)(C)c1cc2c3c(c1)N(c1c(-c4ccccc4)cccc1-c1ccccc1)c1cc(-n4c5ccc6cccc7c8cccc9ccc4c(c98)c5c67)ccc1B3c1ccc(-c3ccccc3)cc1N2c1c(-c2ccccc2)cccc1-c1cccc(-c2ccccc2)c1. The summed E-state index contributed by atoms with van der Waals surface area (Å²) >= 11 is 0. The molecule has 2 aliphatic rings. The molecular formula is C90H62BN3. The zero-order valence-electron chi connectivity index (χ0n) is 52.5. The van der Waals surface area contributed by atoms with E-state index in [1.807, 2.05) is 0 Å². The van der Waals surface area contributed by atoms with E-state index < -0.39 is 0 Å². The molecule has 3 heterocycles. The van der Waals surface area contributed by atoms with Crippen molar-refractivity contribution in [1.82, 2.24) is 4.57 Å². The molecule has 0 radical (unpaired) electrons. The molecule has 16 aromatic carbocycles. The average molecular weight is 1200 g/mol. The Morgan fingerprint density at radius 1 is 0.277 bits per heavy atom. The normalized spacial score (nSPS) is 12.8. The maximum Gasteiger partial charge on any atom is 0.252 e. The topological polar surface area (TPSA) is 11.4 Å². The highest BCUT2D eigenvalue weighted by Gasteiger charge is 2.46. The number of hydrogen-bond donors (Lipinski definition) is 0. The smallest absolute Gasteiger partial charge is 0.252 e. The minimum absolute atomic E-state index is 0.188. The lowest BCUT2D eigenvalue weighted by Crippen LogP contribution is -2.61. The summed E-state index contributed by atoms with van der Waals surface area (Å²) in [5.74, 6) is 0. The van der Waals surface area contributed by atoms with Gasteiger partial charge in [-0.05, 0) is 153 Å². The van der Waals surface area contributed by atoms with Gasteiger partial charge in [-0.3, -0.25) is 0 Å². The number of hydrogen-bond acceptors (Lipinski definition) is 2. The molecule has 0 saturated carbocycles. The molecule has 2 aliphatic heterocycles. The second-order valence-electron chi connectivity index (χ2n) is 26.7. The Balaban J connectivity index is 0.964. The Morgan fingerprint density at radius 2 is 0.670 bits per heavy atom. The molecule has 440 valence electrons. The number of anilines is 6. The van der Waals surface area contributed by atoms with E-state index in [0.29, 0.717) is 0 Å². The second kappa shape index (κ2) is 20.9. The number of fused-ring (bicyclic) bond motifs is 5. The van der Waals surface area contributed by atoms with Gasteiger partial charge < -0.3 is 14.4 Å². The fourth-order valence-electron chi connectivity index (χ4n) is 16.2. The van der Waals surface area contributed by atoms with Gasteiger partial charge in [0.05, 0.1) is 22.4 Å². The standard InChI is InChI=1S/C90H62BN3/c1-90(2,3)67-54-81-87-82(55-67)94(88-69(59-28-13-6-14-29-59)38-22-39-70(88)60-30-15-7-16-31-60)80-56-68(92-77-50-45-62-34-20-42-73-74-43-21-35-63-46-51-78(92)86(84(63)74)85(77)83(62)73)47-49-76(80)91(87)75-48-44-65(58-26-11-5-12-27-58)53-79(75)93(81)89-71(61-32-17-8-18-33-61)40-23-41-72(89)66-37-19-36-64(52-66)57-24-9-4-10-25-57/h4-56H,1-3H3. The van der Waals surface area contributed by atoms with Gasteiger partial charge in [-0.2, -0.15) is 0 Å². The average Bonchev–Trinajstić information content (AvgIpc) is 1.18. The maximum atomic E-state index is 2.70. The number of nitrogens with zero attached hydrogens (tertiary/aromatic N) is 3. The largest absolute Gasteiger partial charge is 0.310 e. The van der Waals surface area contributed by atoms with Gasteiger partial charge >= 0.3 is 0 Å². The summed E-state index contributed by atoms with van der Waals surface area (Å²) < 4.78 is 2.58. The van der Waals surface area contributed by atoms with Gasteiger partial charge in [-0.1, -0.05) is 294 Å². The van der Waals surface area contributed by atoms with Crippen LogP contribution in [0.2, 0.25) is 0 Å². The zero-order chi connectivity index (χ0) is 62.3.